The molecule has 2 aromatic rings. The minimum Gasteiger partial charge on any atom is -0.310 e. The molecule has 2 aromatic heterocycles. The van der Waals surface area contributed by atoms with Gasteiger partial charge in [-0.05, 0) is 18.4 Å². The van der Waals surface area contributed by atoms with Gasteiger partial charge in [-0.15, -0.1) is 11.3 Å². The van der Waals surface area contributed by atoms with Crippen molar-refractivity contribution in [2.75, 3.05) is 5.32 Å². The van der Waals surface area contributed by atoms with Crippen LogP contribution in [0.1, 0.15) is 6.92 Å². The van der Waals surface area contributed by atoms with Gasteiger partial charge in [0.1, 0.15) is 10.0 Å². The molecule has 1 amide bonds. The molecule has 0 radical (unpaired) electrons. The van der Waals surface area contributed by atoms with Crippen molar-refractivity contribution in [2.45, 2.75) is 17.2 Å². The molecular weight excluding hydrogens is 288 g/mol. The number of amides is 1. The van der Waals surface area contributed by atoms with Crippen molar-refractivity contribution in [3.05, 3.63) is 29.8 Å². The average molecular weight is 300 g/mol. The molecule has 0 aliphatic heterocycles. The van der Waals surface area contributed by atoms with Crippen LogP contribution in [-0.4, -0.2) is 30.6 Å². The van der Waals surface area contributed by atoms with Crippen molar-refractivity contribution in [3.63, 3.8) is 0 Å². The highest BCUT2D eigenvalue weighted by atomic mass is 32.2. The van der Waals surface area contributed by atoms with Crippen LogP contribution < -0.4 is 10.0 Å². The first-order valence-corrected chi connectivity index (χ1v) is 7.71. The van der Waals surface area contributed by atoms with Crippen LogP contribution in [0.4, 0.5) is 5.82 Å². The molecule has 0 saturated carbocycles. The number of hydrogen-bond acceptors (Lipinski definition) is 5. The normalized spacial score (nSPS) is 13.1. The molecule has 102 valence electrons. The third-order valence-electron chi connectivity index (χ3n) is 2.24. The smallest absolute Gasteiger partial charge is 0.250 e. The summed E-state index contributed by atoms with van der Waals surface area (Å²) in [7, 11) is -3.66. The van der Waals surface area contributed by atoms with Gasteiger partial charge in [0.2, 0.25) is 5.91 Å². The molecule has 0 spiro atoms. The Morgan fingerprint density at radius 2 is 2.26 bits per heavy atom. The van der Waals surface area contributed by atoms with E-state index in [9.17, 15) is 13.2 Å². The van der Waals surface area contributed by atoms with Gasteiger partial charge >= 0.3 is 0 Å². The van der Waals surface area contributed by atoms with Gasteiger partial charge in [0, 0.05) is 6.07 Å². The maximum atomic E-state index is 11.9. The summed E-state index contributed by atoms with van der Waals surface area (Å²) < 4.78 is 26.3. The van der Waals surface area contributed by atoms with E-state index in [1.54, 1.807) is 17.5 Å². The minimum absolute atomic E-state index is 0.175. The van der Waals surface area contributed by atoms with Crippen molar-refractivity contribution < 1.29 is 13.2 Å². The number of carbonyl (C=O) groups excluding carboxylic acids is 1. The number of nitrogens with zero attached hydrogens (tertiary/aromatic N) is 1. The molecule has 2 rings (SSSR count). The molecule has 0 fully saturated rings. The zero-order valence-electron chi connectivity index (χ0n) is 9.95. The van der Waals surface area contributed by atoms with Crippen LogP contribution in [0.3, 0.4) is 0 Å². The summed E-state index contributed by atoms with van der Waals surface area (Å²) in [5.41, 5.74) is 0. The van der Waals surface area contributed by atoms with E-state index in [4.69, 9.17) is 0 Å². The summed E-state index contributed by atoms with van der Waals surface area (Å²) in [6, 6.07) is 3.79. The van der Waals surface area contributed by atoms with Crippen LogP contribution in [0, 0.1) is 0 Å². The number of H-pyrrole nitrogens is 1. The Hall–Kier alpha value is -1.71. The predicted molar refractivity (Wildman–Crippen MR) is 71.3 cm³/mol. The molecular formula is C10H12N4O3S2. The zero-order chi connectivity index (χ0) is 13.9. The number of rotatable bonds is 5. The first-order chi connectivity index (χ1) is 8.99. The number of carbonyl (C=O) groups is 1. The molecule has 19 heavy (non-hydrogen) atoms. The Morgan fingerprint density at radius 1 is 1.47 bits per heavy atom. The summed E-state index contributed by atoms with van der Waals surface area (Å²) >= 11 is 1.09. The molecule has 0 aromatic carbocycles. The molecule has 0 bridgehead atoms. The Morgan fingerprint density at radius 3 is 2.84 bits per heavy atom. The fourth-order valence-electron chi connectivity index (χ4n) is 1.33. The second-order valence-corrected chi connectivity index (χ2v) is 6.62. The summed E-state index contributed by atoms with van der Waals surface area (Å²) in [5.74, 6) is -0.0587. The number of sulfonamides is 1. The van der Waals surface area contributed by atoms with Crippen molar-refractivity contribution in [1.29, 1.82) is 0 Å². The number of aromatic nitrogens is 2. The molecule has 0 aliphatic carbocycles. The van der Waals surface area contributed by atoms with Crippen molar-refractivity contribution >= 4 is 33.1 Å². The number of anilines is 1. The van der Waals surface area contributed by atoms with E-state index in [0.29, 0.717) is 5.82 Å². The van der Waals surface area contributed by atoms with Gasteiger partial charge in [0.05, 0.1) is 12.2 Å². The Bertz CT molecular complexity index is 634. The van der Waals surface area contributed by atoms with Crippen LogP contribution in [0.5, 0.6) is 0 Å². The maximum absolute atomic E-state index is 11.9. The van der Waals surface area contributed by atoms with Crippen LogP contribution in [0.15, 0.2) is 34.0 Å². The third-order valence-corrected chi connectivity index (χ3v) is 5.18. The van der Waals surface area contributed by atoms with Crippen molar-refractivity contribution in [1.82, 2.24) is 14.9 Å². The largest absolute Gasteiger partial charge is 0.310 e. The molecule has 0 aliphatic rings. The Kier molecular flexibility index (Phi) is 3.98. The lowest BCUT2D eigenvalue weighted by Gasteiger charge is -2.12. The lowest BCUT2D eigenvalue weighted by molar-refractivity contribution is -0.117. The van der Waals surface area contributed by atoms with E-state index in [1.807, 2.05) is 0 Å². The van der Waals surface area contributed by atoms with Gasteiger partial charge < -0.3 is 5.32 Å². The van der Waals surface area contributed by atoms with E-state index in [1.165, 1.54) is 19.2 Å². The second-order valence-electron chi connectivity index (χ2n) is 3.73. The fraction of sp³-hybridized carbons (Fsp3) is 0.200. The number of aromatic amines is 1. The number of nitrogens with one attached hydrogen (secondary N) is 3. The van der Waals surface area contributed by atoms with Crippen LogP contribution in [-0.2, 0) is 14.8 Å². The van der Waals surface area contributed by atoms with Crippen LogP contribution in [0.2, 0.25) is 0 Å². The van der Waals surface area contributed by atoms with Gasteiger partial charge in [-0.2, -0.15) is 9.82 Å². The highest BCUT2D eigenvalue weighted by molar-refractivity contribution is 7.91. The minimum atomic E-state index is -3.66. The maximum Gasteiger partial charge on any atom is 0.250 e. The van der Waals surface area contributed by atoms with E-state index in [-0.39, 0.29) is 4.21 Å². The summed E-state index contributed by atoms with van der Waals surface area (Å²) in [6.07, 6.45) is 1.48. The first kappa shape index (κ1) is 13.7. The molecule has 0 saturated heterocycles. The van der Waals surface area contributed by atoms with E-state index in [2.05, 4.69) is 20.2 Å². The van der Waals surface area contributed by atoms with Crippen molar-refractivity contribution in [3.8, 4) is 0 Å². The monoisotopic (exact) mass is 300 g/mol. The Labute approximate surface area is 114 Å². The quantitative estimate of drug-likeness (QED) is 0.759. The second kappa shape index (κ2) is 5.51. The fourth-order valence-corrected chi connectivity index (χ4v) is 3.54. The summed E-state index contributed by atoms with van der Waals surface area (Å²) in [4.78, 5) is 11.8. The third kappa shape index (κ3) is 3.40. The van der Waals surface area contributed by atoms with Gasteiger partial charge in [-0.3, -0.25) is 9.89 Å². The van der Waals surface area contributed by atoms with Gasteiger partial charge in [-0.1, -0.05) is 6.07 Å². The number of thiophene rings is 1. The predicted octanol–water partition coefficient (Wildman–Crippen LogP) is 0.777. The lowest BCUT2D eigenvalue weighted by Crippen LogP contribution is -2.41. The summed E-state index contributed by atoms with van der Waals surface area (Å²) in [6.45, 7) is 1.47. The van der Waals surface area contributed by atoms with Gasteiger partial charge in [-0.25, -0.2) is 8.42 Å². The van der Waals surface area contributed by atoms with E-state index < -0.39 is 22.0 Å². The number of hydrogen-bond donors (Lipinski definition) is 3. The van der Waals surface area contributed by atoms with E-state index >= 15 is 0 Å². The zero-order valence-corrected chi connectivity index (χ0v) is 11.6. The highest BCUT2D eigenvalue weighted by Gasteiger charge is 2.22. The molecule has 0 unspecified atom stereocenters. The average Bonchev–Trinajstić information content (AvgIpc) is 3.00. The van der Waals surface area contributed by atoms with Gasteiger partial charge in [0.15, 0.2) is 0 Å². The SMILES string of the molecule is C[C@H](NS(=O)(=O)c1cccs1)C(=O)Nc1ccn[nH]1. The molecule has 3 N–H and O–H groups in total. The van der Waals surface area contributed by atoms with Crippen LogP contribution >= 0.6 is 11.3 Å². The topological polar surface area (TPSA) is 104 Å². The Balaban J connectivity index is 2.01. The lowest BCUT2D eigenvalue weighted by atomic mass is 10.3. The van der Waals surface area contributed by atoms with E-state index in [0.717, 1.165) is 11.3 Å². The molecule has 1 atom stereocenters. The summed E-state index contributed by atoms with van der Waals surface area (Å²) in [5, 5.41) is 10.4. The standard InChI is InChI=1S/C10H12N4O3S2/c1-7(10(15)12-8-4-5-11-13-8)14-19(16,17)9-3-2-6-18-9/h2-7,14H,1H3,(H2,11,12,13,15)/t7-/m0/s1. The highest BCUT2D eigenvalue weighted by Crippen LogP contribution is 2.15. The van der Waals surface area contributed by atoms with Crippen molar-refractivity contribution in [2.24, 2.45) is 0 Å². The van der Waals surface area contributed by atoms with Gasteiger partial charge in [0.25, 0.3) is 10.0 Å². The molecule has 7 nitrogen and oxygen atoms in total. The molecule has 9 heteroatoms. The van der Waals surface area contributed by atoms with Crippen LogP contribution in [0.25, 0.3) is 0 Å². The first-order valence-electron chi connectivity index (χ1n) is 5.35. The molecule has 2 heterocycles.